The van der Waals surface area contributed by atoms with Crippen LogP contribution in [0.5, 0.6) is 0 Å². The number of hydrogen-bond donors (Lipinski definition) is 1. The molecule has 15 heavy (non-hydrogen) atoms. The van der Waals surface area contributed by atoms with Gasteiger partial charge in [-0.15, -0.1) is 5.56 Å². The zero-order valence-electron chi connectivity index (χ0n) is 9.15. The quantitative estimate of drug-likeness (QED) is 0.692. The van der Waals surface area contributed by atoms with Crippen LogP contribution in [-0.2, 0) is 32.4 Å². The molecule has 0 spiro atoms. The molecule has 0 aromatic heterocycles. The Balaban J connectivity index is 0.00000112. The van der Waals surface area contributed by atoms with Gasteiger partial charge in [-0.2, -0.15) is 23.8 Å². The molecule has 1 amide bonds. The van der Waals surface area contributed by atoms with Crippen LogP contribution in [0.1, 0.15) is 42.3 Å². The number of hydrogen-bond acceptors (Lipinski definition) is 1. The van der Waals surface area contributed by atoms with Crippen molar-refractivity contribution >= 4 is 5.91 Å². The monoisotopic (exact) mass is 375 g/mol. The Kier molecular flexibility index (Phi) is 3.38. The van der Waals surface area contributed by atoms with Gasteiger partial charge in [0, 0.05) is 27.0 Å². The minimum absolute atomic E-state index is 0. The van der Waals surface area contributed by atoms with Gasteiger partial charge in [-0.1, -0.05) is 26.3 Å². The summed E-state index contributed by atoms with van der Waals surface area (Å²) in [5, 5.41) is 2.80. The number of nitrogens with one attached hydrogen (secondary N) is 1. The van der Waals surface area contributed by atoms with E-state index in [2.05, 4.69) is 38.2 Å². The van der Waals surface area contributed by atoms with Gasteiger partial charge < -0.3 is 5.32 Å². The van der Waals surface area contributed by atoms with Gasteiger partial charge in [0.25, 0.3) is 0 Å². The van der Waals surface area contributed by atoms with Crippen LogP contribution >= 0.6 is 0 Å². The Bertz CT molecular complexity index is 393. The molecule has 1 radical (unpaired) electrons. The van der Waals surface area contributed by atoms with Crippen LogP contribution in [0.15, 0.2) is 12.1 Å². The van der Waals surface area contributed by atoms with Crippen molar-refractivity contribution < 1.29 is 25.2 Å². The standard InChI is InChI=1S/C12H14NO.Re/c1-12(2,3)9-4-5-10-8(6-9)7-13-11(10)14;/h5-6H,7H2,1-3H3,(H,13,14);/q-1;. The van der Waals surface area contributed by atoms with Crippen molar-refractivity contribution in [3.63, 3.8) is 0 Å². The van der Waals surface area contributed by atoms with Crippen LogP contribution in [0.3, 0.4) is 0 Å². The first kappa shape index (κ1) is 12.4. The molecule has 0 atom stereocenters. The predicted octanol–water partition coefficient (Wildman–Crippen LogP) is 2.03. The van der Waals surface area contributed by atoms with E-state index in [0.29, 0.717) is 6.54 Å². The average molecular weight is 374 g/mol. The maximum Gasteiger partial charge on any atom is 0.195 e. The molecule has 0 saturated carbocycles. The van der Waals surface area contributed by atoms with Crippen LogP contribution in [-0.4, -0.2) is 5.91 Å². The molecule has 0 bridgehead atoms. The second-order valence-corrected chi connectivity index (χ2v) is 4.72. The normalized spacial score (nSPS) is 14.2. The summed E-state index contributed by atoms with van der Waals surface area (Å²) in [4.78, 5) is 11.3. The third-order valence-electron chi connectivity index (χ3n) is 2.53. The van der Waals surface area contributed by atoms with Crippen LogP contribution < -0.4 is 5.32 Å². The second-order valence-electron chi connectivity index (χ2n) is 4.72. The molecule has 2 rings (SSSR count). The van der Waals surface area contributed by atoms with E-state index in [-0.39, 0.29) is 31.7 Å². The van der Waals surface area contributed by atoms with E-state index in [9.17, 15) is 4.79 Å². The Morgan fingerprint density at radius 3 is 2.67 bits per heavy atom. The van der Waals surface area contributed by atoms with Gasteiger partial charge in [0.2, 0.25) is 0 Å². The Labute approximate surface area is 104 Å². The topological polar surface area (TPSA) is 29.1 Å². The molecule has 2 nitrogen and oxygen atoms in total. The first-order chi connectivity index (χ1) is 6.48. The van der Waals surface area contributed by atoms with Crippen molar-refractivity contribution in [3.8, 4) is 0 Å². The minimum atomic E-state index is 0. The molecular weight excluding hydrogens is 360 g/mol. The summed E-state index contributed by atoms with van der Waals surface area (Å²) in [6.45, 7) is 7.10. The number of rotatable bonds is 0. The van der Waals surface area contributed by atoms with Gasteiger partial charge in [-0.05, 0) is 5.41 Å². The third-order valence-corrected chi connectivity index (χ3v) is 2.53. The number of carbonyl (C=O) groups excluding carboxylic acids is 1. The summed E-state index contributed by atoms with van der Waals surface area (Å²) in [5.74, 6) is 0.0247. The molecule has 0 aliphatic carbocycles. The van der Waals surface area contributed by atoms with E-state index in [1.165, 1.54) is 0 Å². The zero-order valence-corrected chi connectivity index (χ0v) is 11.9. The summed E-state index contributed by atoms with van der Waals surface area (Å²) in [7, 11) is 0. The SMILES string of the molecule is CC(C)(C)c1[c-]cc2c(c1)CNC2=O.[Re]. The van der Waals surface area contributed by atoms with Gasteiger partial charge in [-0.25, -0.2) is 0 Å². The molecule has 1 N–H and O–H groups in total. The summed E-state index contributed by atoms with van der Waals surface area (Å²) < 4.78 is 0. The van der Waals surface area contributed by atoms with Gasteiger partial charge in [-0.3, -0.25) is 4.79 Å². The maximum absolute atomic E-state index is 11.3. The Morgan fingerprint density at radius 1 is 1.40 bits per heavy atom. The van der Waals surface area contributed by atoms with Crippen molar-refractivity contribution in [3.05, 3.63) is 34.9 Å². The number of carbonyl (C=O) groups is 1. The molecule has 3 heteroatoms. The first-order valence-corrected chi connectivity index (χ1v) is 4.82. The van der Waals surface area contributed by atoms with Crippen molar-refractivity contribution in [1.82, 2.24) is 5.32 Å². The molecule has 81 valence electrons. The molecule has 0 saturated heterocycles. The van der Waals surface area contributed by atoms with E-state index < -0.39 is 0 Å². The average Bonchev–Trinajstić information content (AvgIpc) is 2.46. The minimum Gasteiger partial charge on any atom is -0.360 e. The summed E-state index contributed by atoms with van der Waals surface area (Å²) in [5.41, 5.74) is 3.13. The Morgan fingerprint density at radius 2 is 2.07 bits per heavy atom. The summed E-state index contributed by atoms with van der Waals surface area (Å²) in [6.07, 6.45) is 0. The smallest absolute Gasteiger partial charge is 0.195 e. The fourth-order valence-electron chi connectivity index (χ4n) is 1.60. The van der Waals surface area contributed by atoms with E-state index in [1.807, 2.05) is 0 Å². The molecular formula is C12H14NORe-. The molecule has 1 heterocycles. The van der Waals surface area contributed by atoms with Gasteiger partial charge in [0.15, 0.2) is 5.91 Å². The van der Waals surface area contributed by atoms with Crippen molar-refractivity contribution in [2.45, 2.75) is 32.7 Å². The van der Waals surface area contributed by atoms with Gasteiger partial charge in [0.05, 0.1) is 0 Å². The number of amides is 1. The molecule has 0 fully saturated rings. The fraction of sp³-hybridized carbons (Fsp3) is 0.417. The summed E-state index contributed by atoms with van der Waals surface area (Å²) >= 11 is 0. The Hall–Kier alpha value is -0.648. The van der Waals surface area contributed by atoms with Crippen LogP contribution in [0.4, 0.5) is 0 Å². The van der Waals surface area contributed by atoms with E-state index in [0.717, 1.165) is 16.7 Å². The van der Waals surface area contributed by atoms with Gasteiger partial charge in [0.1, 0.15) is 0 Å². The maximum atomic E-state index is 11.3. The second kappa shape index (κ2) is 4.08. The van der Waals surface area contributed by atoms with E-state index in [1.54, 1.807) is 6.07 Å². The predicted molar refractivity (Wildman–Crippen MR) is 55.1 cm³/mol. The van der Waals surface area contributed by atoms with Crippen LogP contribution in [0.2, 0.25) is 0 Å². The molecule has 1 aromatic carbocycles. The van der Waals surface area contributed by atoms with Crippen LogP contribution in [0, 0.1) is 6.07 Å². The summed E-state index contributed by atoms with van der Waals surface area (Å²) in [6, 6.07) is 7.06. The largest absolute Gasteiger partial charge is 0.360 e. The van der Waals surface area contributed by atoms with E-state index in [4.69, 9.17) is 0 Å². The third kappa shape index (κ3) is 2.30. The molecule has 1 aromatic rings. The number of benzene rings is 1. The van der Waals surface area contributed by atoms with Crippen molar-refractivity contribution in [1.29, 1.82) is 0 Å². The molecule has 0 unspecified atom stereocenters. The molecule has 1 aliphatic heterocycles. The first-order valence-electron chi connectivity index (χ1n) is 4.82. The zero-order chi connectivity index (χ0) is 10.3. The van der Waals surface area contributed by atoms with Crippen molar-refractivity contribution in [2.75, 3.05) is 0 Å². The van der Waals surface area contributed by atoms with Crippen molar-refractivity contribution in [2.24, 2.45) is 0 Å². The van der Waals surface area contributed by atoms with E-state index >= 15 is 0 Å². The fourth-order valence-corrected chi connectivity index (χ4v) is 1.60. The number of fused-ring (bicyclic) bond motifs is 1. The van der Waals surface area contributed by atoms with Gasteiger partial charge >= 0.3 is 0 Å². The molecule has 1 aliphatic rings. The van der Waals surface area contributed by atoms with Crippen LogP contribution in [0.25, 0.3) is 0 Å².